The van der Waals surface area contributed by atoms with Gasteiger partial charge in [-0.3, -0.25) is 4.79 Å². The van der Waals surface area contributed by atoms with Gasteiger partial charge in [0.15, 0.2) is 5.78 Å². The van der Waals surface area contributed by atoms with Gasteiger partial charge >= 0.3 is 0 Å². The van der Waals surface area contributed by atoms with E-state index in [1.807, 2.05) is 12.1 Å². The van der Waals surface area contributed by atoms with E-state index in [-0.39, 0.29) is 11.2 Å². The zero-order valence-corrected chi connectivity index (χ0v) is 9.69. The van der Waals surface area contributed by atoms with Crippen molar-refractivity contribution in [2.45, 2.75) is 19.3 Å². The first kappa shape index (κ1) is 10.7. The van der Waals surface area contributed by atoms with Crippen molar-refractivity contribution in [3.63, 3.8) is 0 Å². The topological polar surface area (TPSA) is 29.1 Å². The maximum atomic E-state index is 11.8. The van der Waals surface area contributed by atoms with E-state index in [0.717, 1.165) is 17.7 Å². The van der Waals surface area contributed by atoms with Gasteiger partial charge < -0.3 is 5.32 Å². The lowest BCUT2D eigenvalue weighted by atomic mass is 9.82. The Balaban J connectivity index is 2.62. The lowest BCUT2D eigenvalue weighted by molar-refractivity contribution is 0.0994. The van der Waals surface area contributed by atoms with Crippen LogP contribution in [0.5, 0.6) is 0 Å². The molecule has 80 valence electrons. The van der Waals surface area contributed by atoms with Gasteiger partial charge in [-0.05, 0) is 17.7 Å². The highest BCUT2D eigenvalue weighted by Gasteiger charge is 2.28. The number of rotatable bonds is 0. The zero-order chi connectivity index (χ0) is 11.1. The molecule has 1 N–H and O–H groups in total. The second kappa shape index (κ2) is 3.62. The lowest BCUT2D eigenvalue weighted by Gasteiger charge is -2.24. The predicted molar refractivity (Wildman–Crippen MR) is 61.7 cm³/mol. The van der Waals surface area contributed by atoms with Crippen LogP contribution in [-0.2, 0) is 5.41 Å². The fourth-order valence-corrected chi connectivity index (χ4v) is 2.19. The van der Waals surface area contributed by atoms with Gasteiger partial charge in [-0.1, -0.05) is 31.5 Å². The minimum absolute atomic E-state index is 0.0217. The highest BCUT2D eigenvalue weighted by molar-refractivity contribution is 6.31. The third-order valence-corrected chi connectivity index (χ3v) is 3.10. The predicted octanol–water partition coefficient (Wildman–Crippen LogP) is 2.40. The minimum atomic E-state index is -0.0217. The molecule has 0 amide bonds. The summed E-state index contributed by atoms with van der Waals surface area (Å²) in [5, 5.41) is 3.79. The van der Waals surface area contributed by atoms with Crippen LogP contribution in [0.1, 0.15) is 29.8 Å². The summed E-state index contributed by atoms with van der Waals surface area (Å²) in [6.07, 6.45) is 0. The second-order valence-corrected chi connectivity index (χ2v) is 5.04. The first-order valence-corrected chi connectivity index (χ1v) is 5.42. The van der Waals surface area contributed by atoms with Crippen LogP contribution in [0.25, 0.3) is 0 Å². The van der Waals surface area contributed by atoms with E-state index in [0.29, 0.717) is 11.6 Å². The summed E-state index contributed by atoms with van der Waals surface area (Å²) < 4.78 is 0. The highest BCUT2D eigenvalue weighted by atomic mass is 35.5. The van der Waals surface area contributed by atoms with Crippen LogP contribution >= 0.6 is 11.6 Å². The molecule has 0 aliphatic carbocycles. The molecule has 0 spiro atoms. The summed E-state index contributed by atoms with van der Waals surface area (Å²) in [6, 6.07) is 5.58. The number of fused-ring (bicyclic) bond motifs is 1. The van der Waals surface area contributed by atoms with E-state index in [9.17, 15) is 4.79 Å². The molecule has 0 bridgehead atoms. The standard InChI is InChI=1S/C12H14ClNO/c1-12(2)7-14-6-11(15)9-5-8(13)3-4-10(9)12/h3-5,14H,6-7H2,1-2H3. The molecule has 0 saturated heterocycles. The maximum absolute atomic E-state index is 11.8. The van der Waals surface area contributed by atoms with Gasteiger partial charge in [0.25, 0.3) is 0 Å². The number of carbonyl (C=O) groups excluding carboxylic acids is 1. The molecule has 1 heterocycles. The molecule has 2 rings (SSSR count). The van der Waals surface area contributed by atoms with Crippen molar-refractivity contribution >= 4 is 17.4 Å². The fourth-order valence-electron chi connectivity index (χ4n) is 2.02. The molecular weight excluding hydrogens is 210 g/mol. The number of nitrogens with one attached hydrogen (secondary N) is 1. The molecular formula is C12H14ClNO. The molecule has 1 aliphatic heterocycles. The van der Waals surface area contributed by atoms with E-state index in [1.165, 1.54) is 0 Å². The lowest BCUT2D eigenvalue weighted by Crippen LogP contribution is -2.31. The van der Waals surface area contributed by atoms with Crippen molar-refractivity contribution in [1.82, 2.24) is 5.32 Å². The number of carbonyl (C=O) groups is 1. The first-order chi connectivity index (χ1) is 7.00. The molecule has 0 radical (unpaired) electrons. The molecule has 2 nitrogen and oxygen atoms in total. The Kier molecular flexibility index (Phi) is 2.57. The number of hydrogen-bond donors (Lipinski definition) is 1. The summed E-state index contributed by atoms with van der Waals surface area (Å²) in [4.78, 5) is 11.8. The van der Waals surface area contributed by atoms with Crippen molar-refractivity contribution in [2.75, 3.05) is 13.1 Å². The maximum Gasteiger partial charge on any atom is 0.176 e. The van der Waals surface area contributed by atoms with Crippen LogP contribution in [-0.4, -0.2) is 18.9 Å². The summed E-state index contributed by atoms with van der Waals surface area (Å²) >= 11 is 5.92. The van der Waals surface area contributed by atoms with Crippen molar-refractivity contribution in [1.29, 1.82) is 0 Å². The Labute approximate surface area is 94.6 Å². The van der Waals surface area contributed by atoms with Crippen molar-refractivity contribution in [3.8, 4) is 0 Å². The Morgan fingerprint density at radius 3 is 2.87 bits per heavy atom. The van der Waals surface area contributed by atoms with Gasteiger partial charge in [-0.2, -0.15) is 0 Å². The molecule has 0 aromatic heterocycles. The Morgan fingerprint density at radius 2 is 2.13 bits per heavy atom. The number of ketones is 1. The quantitative estimate of drug-likeness (QED) is 0.732. The number of hydrogen-bond acceptors (Lipinski definition) is 2. The SMILES string of the molecule is CC1(C)CNCC(=O)c2cc(Cl)ccc21. The van der Waals surface area contributed by atoms with Crippen LogP contribution in [0, 0.1) is 0 Å². The van der Waals surface area contributed by atoms with Crippen LogP contribution < -0.4 is 5.32 Å². The second-order valence-electron chi connectivity index (χ2n) is 4.60. The summed E-state index contributed by atoms with van der Waals surface area (Å²) in [7, 11) is 0. The van der Waals surface area contributed by atoms with Gasteiger partial charge in [0.2, 0.25) is 0 Å². The average molecular weight is 224 g/mol. The van der Waals surface area contributed by atoms with Crippen molar-refractivity contribution < 1.29 is 4.79 Å². The number of Topliss-reactive ketones (excluding diaryl/α,β-unsaturated/α-hetero) is 1. The van der Waals surface area contributed by atoms with E-state index < -0.39 is 0 Å². The molecule has 1 aliphatic rings. The molecule has 1 aromatic carbocycles. The van der Waals surface area contributed by atoms with E-state index in [2.05, 4.69) is 19.2 Å². The Morgan fingerprint density at radius 1 is 1.40 bits per heavy atom. The Hall–Kier alpha value is -0.860. The number of benzene rings is 1. The smallest absolute Gasteiger partial charge is 0.176 e. The minimum Gasteiger partial charge on any atom is -0.309 e. The van der Waals surface area contributed by atoms with E-state index in [1.54, 1.807) is 6.07 Å². The zero-order valence-electron chi connectivity index (χ0n) is 8.93. The summed E-state index contributed by atoms with van der Waals surface area (Å²) in [5.41, 5.74) is 1.82. The van der Waals surface area contributed by atoms with Crippen molar-refractivity contribution in [3.05, 3.63) is 34.3 Å². The molecule has 3 heteroatoms. The van der Waals surface area contributed by atoms with Gasteiger partial charge in [-0.15, -0.1) is 0 Å². The monoisotopic (exact) mass is 223 g/mol. The highest BCUT2D eigenvalue weighted by Crippen LogP contribution is 2.29. The first-order valence-electron chi connectivity index (χ1n) is 5.05. The third-order valence-electron chi connectivity index (χ3n) is 2.86. The summed E-state index contributed by atoms with van der Waals surface area (Å²) in [6.45, 7) is 5.47. The summed E-state index contributed by atoms with van der Waals surface area (Å²) in [5.74, 6) is 0.123. The van der Waals surface area contributed by atoms with Crippen LogP contribution in [0.2, 0.25) is 5.02 Å². The van der Waals surface area contributed by atoms with Gasteiger partial charge in [-0.25, -0.2) is 0 Å². The molecule has 1 aromatic rings. The largest absolute Gasteiger partial charge is 0.309 e. The van der Waals surface area contributed by atoms with Crippen LogP contribution in [0.4, 0.5) is 0 Å². The molecule has 0 saturated carbocycles. The van der Waals surface area contributed by atoms with Crippen molar-refractivity contribution in [2.24, 2.45) is 0 Å². The van der Waals surface area contributed by atoms with E-state index in [4.69, 9.17) is 11.6 Å². The van der Waals surface area contributed by atoms with Gasteiger partial charge in [0.05, 0.1) is 6.54 Å². The van der Waals surface area contributed by atoms with Gasteiger partial charge in [0, 0.05) is 22.5 Å². The third kappa shape index (κ3) is 1.92. The molecule has 0 fully saturated rings. The average Bonchev–Trinajstić information content (AvgIpc) is 2.25. The van der Waals surface area contributed by atoms with Crippen LogP contribution in [0.3, 0.4) is 0 Å². The van der Waals surface area contributed by atoms with E-state index >= 15 is 0 Å². The Bertz CT molecular complexity index is 412. The van der Waals surface area contributed by atoms with Crippen LogP contribution in [0.15, 0.2) is 18.2 Å². The molecule has 0 atom stereocenters. The fraction of sp³-hybridized carbons (Fsp3) is 0.417. The molecule has 0 unspecified atom stereocenters. The normalized spacial score (nSPS) is 19.5. The number of halogens is 1. The van der Waals surface area contributed by atoms with Gasteiger partial charge in [0.1, 0.15) is 0 Å². The molecule has 15 heavy (non-hydrogen) atoms.